The first-order valence-electron chi connectivity index (χ1n) is 6.09. The molecule has 0 fully saturated rings. The van der Waals surface area contributed by atoms with Crippen molar-refractivity contribution in [1.82, 2.24) is 0 Å². The summed E-state index contributed by atoms with van der Waals surface area (Å²) in [5.41, 5.74) is 0. The van der Waals surface area contributed by atoms with Gasteiger partial charge in [0, 0.05) is 0 Å². The summed E-state index contributed by atoms with van der Waals surface area (Å²) in [6.07, 6.45) is 0. The van der Waals surface area contributed by atoms with Crippen LogP contribution in [-0.2, 0) is 0 Å². The van der Waals surface area contributed by atoms with Crippen LogP contribution in [0.1, 0.15) is 0 Å². The number of halogens is 18. The summed E-state index contributed by atoms with van der Waals surface area (Å²) in [5.74, 6) is 0. The van der Waals surface area contributed by atoms with Gasteiger partial charge in [0.15, 0.2) is 17.3 Å². The molecule has 0 amide bonds. The Morgan fingerprint density at radius 3 is 1.00 bits per heavy atom. The molecule has 0 aromatic heterocycles. The molecule has 0 bridgehead atoms. The summed E-state index contributed by atoms with van der Waals surface area (Å²) in [6, 6.07) is 0. The Bertz CT molecular complexity index is 531. The first-order valence-corrected chi connectivity index (χ1v) is 13.2. The normalized spacial score (nSPS) is 19.0. The van der Waals surface area contributed by atoms with Gasteiger partial charge in [-0.25, -0.2) is 0 Å². The molecule has 0 radical (unpaired) electrons. The maximum Gasteiger partial charge on any atom is 0.226 e. The van der Waals surface area contributed by atoms with E-state index < -0.39 is 46.4 Å². The zero-order valence-corrected chi connectivity index (χ0v) is 25.7. The molecular weight excluding hydrogens is 758 g/mol. The molecule has 3 atom stereocenters. The van der Waals surface area contributed by atoms with Crippen LogP contribution >= 0.6 is 209 Å². The molecule has 28 heavy (non-hydrogen) atoms. The zero-order chi connectivity index (χ0) is 23.3. The highest BCUT2D eigenvalue weighted by Gasteiger charge is 2.77. The topological polar surface area (TPSA) is 0 Å². The highest BCUT2D eigenvalue weighted by atomic mass is 35.6. The summed E-state index contributed by atoms with van der Waals surface area (Å²) < 4.78 is -16.3. The molecule has 0 rings (SSSR count). The van der Waals surface area contributed by atoms with Gasteiger partial charge in [-0.15, -0.1) is 58.0 Å². The maximum atomic E-state index is 6.25. The Kier molecular flexibility index (Phi) is 13.2. The molecule has 0 spiro atoms. The van der Waals surface area contributed by atoms with Crippen LogP contribution in [0.2, 0.25) is 0 Å². The van der Waals surface area contributed by atoms with E-state index in [4.69, 9.17) is 209 Å². The lowest BCUT2D eigenvalue weighted by Crippen LogP contribution is -2.67. The van der Waals surface area contributed by atoms with Crippen molar-refractivity contribution in [3.05, 3.63) is 0 Å². The van der Waals surface area contributed by atoms with E-state index in [2.05, 4.69) is 0 Å². The van der Waals surface area contributed by atoms with E-state index in [9.17, 15) is 0 Å². The predicted molar refractivity (Wildman–Crippen MR) is 137 cm³/mol. The third kappa shape index (κ3) is 6.13. The monoisotopic (exact) mass is 753 g/mol. The maximum absolute atomic E-state index is 6.25. The van der Waals surface area contributed by atoms with Crippen LogP contribution in [0.3, 0.4) is 0 Å². The Morgan fingerprint density at radius 1 is 0.393 bits per heavy atom. The first kappa shape index (κ1) is 33.2. The standard InChI is InChI=1S/C10H4Cl18/c11-1(2(12)4(14)15)3(13)5(16,17)6(18,19)7(20,21)8(22,23)9(24,25)10(26,27)28/h1-4H. The highest BCUT2D eigenvalue weighted by molar-refractivity contribution is 6.82. The van der Waals surface area contributed by atoms with Gasteiger partial charge in [-0.2, -0.15) is 0 Å². The lowest BCUT2D eigenvalue weighted by molar-refractivity contribution is 0.477. The lowest BCUT2D eigenvalue weighted by Gasteiger charge is -2.52. The van der Waals surface area contributed by atoms with E-state index in [0.29, 0.717) is 0 Å². The molecule has 3 unspecified atom stereocenters. The van der Waals surface area contributed by atoms with Crippen molar-refractivity contribution in [2.45, 2.75) is 46.4 Å². The fourth-order valence-electron chi connectivity index (χ4n) is 1.46. The second-order valence-corrected chi connectivity index (χ2v) is 16.7. The third-order valence-corrected chi connectivity index (χ3v) is 14.6. The van der Waals surface area contributed by atoms with Crippen molar-refractivity contribution in [2.75, 3.05) is 0 Å². The van der Waals surface area contributed by atoms with E-state index in [1.165, 1.54) is 0 Å². The molecule has 0 aliphatic heterocycles. The van der Waals surface area contributed by atoms with Crippen molar-refractivity contribution in [2.24, 2.45) is 0 Å². The van der Waals surface area contributed by atoms with Gasteiger partial charge in [0.2, 0.25) is 8.13 Å². The molecule has 18 heteroatoms. The van der Waals surface area contributed by atoms with Gasteiger partial charge < -0.3 is 0 Å². The minimum Gasteiger partial charge on any atom is -0.120 e. The molecule has 0 N–H and O–H groups in total. The van der Waals surface area contributed by atoms with Gasteiger partial charge in [-0.1, -0.05) is 151 Å². The van der Waals surface area contributed by atoms with Gasteiger partial charge in [0.1, 0.15) is 4.84 Å². The number of hydrogen-bond acceptors (Lipinski definition) is 0. The summed E-state index contributed by atoms with van der Waals surface area (Å²) in [4.78, 5) is -1.19. The predicted octanol–water partition coefficient (Wildman–Crippen LogP) is 10.9. The molecule has 0 aliphatic carbocycles. The number of hydrogen-bond donors (Lipinski definition) is 0. The Morgan fingerprint density at radius 2 is 0.714 bits per heavy atom. The van der Waals surface area contributed by atoms with Crippen molar-refractivity contribution in [3.8, 4) is 0 Å². The van der Waals surface area contributed by atoms with Gasteiger partial charge in [-0.3, -0.25) is 0 Å². The lowest BCUT2D eigenvalue weighted by atomic mass is 10.0. The molecule has 0 aliphatic rings. The highest BCUT2D eigenvalue weighted by Crippen LogP contribution is 2.69. The number of alkyl halides is 18. The average molecular weight is 762 g/mol. The summed E-state index contributed by atoms with van der Waals surface area (Å²) in [5, 5.41) is -4.11. The van der Waals surface area contributed by atoms with E-state index in [1.807, 2.05) is 0 Å². The Hall–Kier alpha value is 5.22. The smallest absolute Gasteiger partial charge is 0.120 e. The van der Waals surface area contributed by atoms with Crippen molar-refractivity contribution >= 4 is 209 Å². The van der Waals surface area contributed by atoms with Crippen LogP contribution in [0.25, 0.3) is 0 Å². The van der Waals surface area contributed by atoms with Gasteiger partial charge in [0.05, 0.1) is 16.1 Å². The van der Waals surface area contributed by atoms with Crippen molar-refractivity contribution in [1.29, 1.82) is 0 Å². The molecule has 170 valence electrons. The SMILES string of the molecule is ClC(Cl)C(Cl)C(Cl)C(Cl)C(Cl)(Cl)C(Cl)(Cl)C(Cl)(Cl)C(Cl)(Cl)C(Cl)(Cl)C(Cl)(Cl)Cl. The second kappa shape index (κ2) is 11.1. The average Bonchev–Trinajstić information content (AvgIpc) is 2.50. The summed E-state index contributed by atoms with van der Waals surface area (Å²) >= 11 is 108. The molecular formula is C10H4Cl18. The minimum atomic E-state index is -2.87. The third-order valence-electron chi connectivity index (χ3n) is 3.13. The zero-order valence-electron chi connectivity index (χ0n) is 12.1. The van der Waals surface area contributed by atoms with E-state index >= 15 is 0 Å². The Balaban J connectivity index is 6.32. The van der Waals surface area contributed by atoms with E-state index in [1.54, 1.807) is 0 Å². The van der Waals surface area contributed by atoms with Crippen LogP contribution in [0.15, 0.2) is 0 Å². The Labute approximate surface area is 251 Å². The van der Waals surface area contributed by atoms with Crippen LogP contribution in [0.5, 0.6) is 0 Å². The van der Waals surface area contributed by atoms with Crippen molar-refractivity contribution in [3.63, 3.8) is 0 Å². The fraction of sp³-hybridized carbons (Fsp3) is 1.00. The number of rotatable bonds is 8. The van der Waals surface area contributed by atoms with E-state index in [0.717, 1.165) is 0 Å². The summed E-state index contributed by atoms with van der Waals surface area (Å²) in [7, 11) is 0. The van der Waals surface area contributed by atoms with Gasteiger partial charge in [-0.05, 0) is 0 Å². The molecule has 0 heterocycles. The molecule has 0 aromatic carbocycles. The summed E-state index contributed by atoms with van der Waals surface area (Å²) in [6.45, 7) is 0. The van der Waals surface area contributed by atoms with E-state index in [-0.39, 0.29) is 0 Å². The van der Waals surface area contributed by atoms with Crippen LogP contribution in [-0.4, -0.2) is 46.4 Å². The van der Waals surface area contributed by atoms with Crippen LogP contribution < -0.4 is 0 Å². The van der Waals surface area contributed by atoms with Gasteiger partial charge in [0.25, 0.3) is 0 Å². The van der Waals surface area contributed by atoms with Gasteiger partial charge >= 0.3 is 0 Å². The molecule has 0 saturated heterocycles. The quantitative estimate of drug-likeness (QED) is 0.216. The molecule has 0 nitrogen and oxygen atoms in total. The van der Waals surface area contributed by atoms with Crippen LogP contribution in [0, 0.1) is 0 Å². The van der Waals surface area contributed by atoms with Crippen molar-refractivity contribution < 1.29 is 0 Å². The molecule has 0 aromatic rings. The fourth-order valence-corrected chi connectivity index (χ4v) is 6.83. The largest absolute Gasteiger partial charge is 0.226 e. The minimum absolute atomic E-state index is 1.17. The second-order valence-electron chi connectivity index (χ2n) is 5.04. The first-order chi connectivity index (χ1) is 11.9. The molecule has 0 saturated carbocycles. The van der Waals surface area contributed by atoms with Crippen LogP contribution in [0.4, 0.5) is 0 Å².